The Balaban J connectivity index is 1.40. The van der Waals surface area contributed by atoms with Crippen LogP contribution in [-0.2, 0) is 16.6 Å². The molecule has 1 aliphatic rings. The van der Waals surface area contributed by atoms with Crippen LogP contribution in [0.3, 0.4) is 0 Å². The molecular formula is C27H28N4O3S. The Hall–Kier alpha value is -3.62. The minimum absolute atomic E-state index is 0.248. The van der Waals surface area contributed by atoms with Gasteiger partial charge in [-0.25, -0.2) is 8.42 Å². The van der Waals surface area contributed by atoms with Gasteiger partial charge in [-0.1, -0.05) is 60.7 Å². The zero-order valence-corrected chi connectivity index (χ0v) is 20.4. The highest BCUT2D eigenvalue weighted by atomic mass is 32.2. The van der Waals surface area contributed by atoms with Crippen molar-refractivity contribution in [2.24, 2.45) is 0 Å². The van der Waals surface area contributed by atoms with E-state index in [9.17, 15) is 8.42 Å². The molecule has 0 saturated carbocycles. The van der Waals surface area contributed by atoms with Crippen molar-refractivity contribution >= 4 is 15.7 Å². The molecule has 8 heteroatoms. The molecule has 0 aliphatic carbocycles. The molecule has 0 N–H and O–H groups in total. The standard InChI is InChI=1S/C27H28N4O3S/c1-34-25-14-12-24(13-15-25)29-16-18-31(19-17-29)35(32,33)26-21-30(20-22-8-4-2-5-9-22)28-27(26)23-10-6-3-7-11-23/h2-15,21H,16-20H2,1H3. The topological polar surface area (TPSA) is 67.7 Å². The molecule has 0 atom stereocenters. The van der Waals surface area contributed by atoms with Gasteiger partial charge in [-0.05, 0) is 29.8 Å². The number of benzene rings is 3. The maximum atomic E-state index is 13.8. The first-order valence-corrected chi connectivity index (χ1v) is 13.0. The summed E-state index contributed by atoms with van der Waals surface area (Å²) < 4.78 is 36.2. The fourth-order valence-corrected chi connectivity index (χ4v) is 5.94. The Morgan fingerprint density at radius 2 is 1.46 bits per heavy atom. The van der Waals surface area contributed by atoms with Crippen LogP contribution >= 0.6 is 0 Å². The van der Waals surface area contributed by atoms with Gasteiger partial charge in [0.1, 0.15) is 16.3 Å². The first kappa shape index (κ1) is 23.1. The first-order valence-electron chi connectivity index (χ1n) is 11.6. The maximum absolute atomic E-state index is 13.8. The number of nitrogens with zero attached hydrogens (tertiary/aromatic N) is 4. The van der Waals surface area contributed by atoms with Gasteiger partial charge in [-0.3, -0.25) is 4.68 Å². The molecule has 2 heterocycles. The van der Waals surface area contributed by atoms with Gasteiger partial charge in [0, 0.05) is 43.6 Å². The van der Waals surface area contributed by atoms with Crippen LogP contribution in [0, 0.1) is 0 Å². The molecule has 180 valence electrons. The second kappa shape index (κ2) is 9.93. The van der Waals surface area contributed by atoms with Crippen LogP contribution in [-0.4, -0.2) is 55.8 Å². The summed E-state index contributed by atoms with van der Waals surface area (Å²) in [5.41, 5.74) is 3.39. The Labute approximate surface area is 206 Å². The van der Waals surface area contributed by atoms with Gasteiger partial charge in [-0.15, -0.1) is 0 Å². The average molecular weight is 489 g/mol. The zero-order chi connectivity index (χ0) is 24.3. The Bertz CT molecular complexity index is 1360. The molecule has 4 aromatic rings. The molecule has 0 spiro atoms. The molecule has 3 aromatic carbocycles. The third-order valence-electron chi connectivity index (χ3n) is 6.26. The summed E-state index contributed by atoms with van der Waals surface area (Å²) in [4.78, 5) is 2.44. The van der Waals surface area contributed by atoms with Gasteiger partial charge < -0.3 is 9.64 Å². The van der Waals surface area contributed by atoms with E-state index in [1.165, 1.54) is 0 Å². The number of hydrogen-bond acceptors (Lipinski definition) is 5. The van der Waals surface area contributed by atoms with Crippen LogP contribution in [0.1, 0.15) is 5.56 Å². The minimum Gasteiger partial charge on any atom is -0.497 e. The Morgan fingerprint density at radius 3 is 2.09 bits per heavy atom. The van der Waals surface area contributed by atoms with Crippen LogP contribution in [0.4, 0.5) is 5.69 Å². The van der Waals surface area contributed by atoms with E-state index in [0.717, 1.165) is 22.6 Å². The van der Waals surface area contributed by atoms with Crippen LogP contribution < -0.4 is 9.64 Å². The van der Waals surface area contributed by atoms with Crippen molar-refractivity contribution in [2.45, 2.75) is 11.4 Å². The van der Waals surface area contributed by atoms with Crippen LogP contribution in [0.5, 0.6) is 5.75 Å². The summed E-state index contributed by atoms with van der Waals surface area (Å²) >= 11 is 0. The number of rotatable bonds is 7. The van der Waals surface area contributed by atoms with Crippen LogP contribution in [0.25, 0.3) is 11.3 Å². The summed E-state index contributed by atoms with van der Waals surface area (Å²) in [5.74, 6) is 0.802. The normalized spacial score (nSPS) is 14.7. The number of anilines is 1. The van der Waals surface area contributed by atoms with E-state index in [4.69, 9.17) is 9.84 Å². The molecule has 1 fully saturated rings. The maximum Gasteiger partial charge on any atom is 0.246 e. The van der Waals surface area contributed by atoms with Gasteiger partial charge in [-0.2, -0.15) is 9.40 Å². The van der Waals surface area contributed by atoms with Gasteiger partial charge in [0.05, 0.1) is 13.7 Å². The second-order valence-corrected chi connectivity index (χ2v) is 10.4. The van der Waals surface area contributed by atoms with Crippen molar-refractivity contribution < 1.29 is 13.2 Å². The molecule has 0 amide bonds. The molecule has 1 saturated heterocycles. The monoisotopic (exact) mass is 488 g/mol. The van der Waals surface area contributed by atoms with Crippen LogP contribution in [0.2, 0.25) is 0 Å². The fraction of sp³-hybridized carbons (Fsp3) is 0.222. The highest BCUT2D eigenvalue weighted by molar-refractivity contribution is 7.89. The van der Waals surface area contributed by atoms with E-state index in [1.807, 2.05) is 84.9 Å². The number of methoxy groups -OCH3 is 1. The average Bonchev–Trinajstić information content (AvgIpc) is 3.34. The summed E-state index contributed by atoms with van der Waals surface area (Å²) in [5, 5.41) is 4.70. The number of aromatic nitrogens is 2. The summed E-state index contributed by atoms with van der Waals surface area (Å²) in [6, 6.07) is 27.3. The molecule has 0 unspecified atom stereocenters. The van der Waals surface area contributed by atoms with Crippen molar-refractivity contribution in [2.75, 3.05) is 38.2 Å². The lowest BCUT2D eigenvalue weighted by atomic mass is 10.2. The third-order valence-corrected chi connectivity index (χ3v) is 8.16. The van der Waals surface area contributed by atoms with E-state index >= 15 is 0 Å². The minimum atomic E-state index is -3.73. The molecule has 0 bridgehead atoms. The molecular weight excluding hydrogens is 460 g/mol. The number of sulfonamides is 1. The lowest BCUT2D eigenvalue weighted by Gasteiger charge is -2.35. The number of ether oxygens (including phenoxy) is 1. The molecule has 0 radical (unpaired) electrons. The first-order chi connectivity index (χ1) is 17.0. The van der Waals surface area contributed by atoms with Gasteiger partial charge >= 0.3 is 0 Å². The highest BCUT2D eigenvalue weighted by Crippen LogP contribution is 2.30. The predicted octanol–water partition coefficient (Wildman–Crippen LogP) is 4.12. The van der Waals surface area contributed by atoms with Crippen molar-refractivity contribution in [3.63, 3.8) is 0 Å². The molecule has 1 aromatic heterocycles. The second-order valence-electron chi connectivity index (χ2n) is 8.48. The van der Waals surface area contributed by atoms with Crippen molar-refractivity contribution in [1.29, 1.82) is 0 Å². The molecule has 1 aliphatic heterocycles. The zero-order valence-electron chi connectivity index (χ0n) is 19.6. The van der Waals surface area contributed by atoms with Gasteiger partial charge in [0.2, 0.25) is 10.0 Å². The van der Waals surface area contributed by atoms with E-state index < -0.39 is 10.0 Å². The number of piperazine rings is 1. The molecule has 5 rings (SSSR count). The third kappa shape index (κ3) is 4.94. The van der Waals surface area contributed by atoms with E-state index in [-0.39, 0.29) is 4.90 Å². The summed E-state index contributed by atoms with van der Waals surface area (Å²) in [6.45, 7) is 2.55. The molecule has 35 heavy (non-hydrogen) atoms. The van der Waals surface area contributed by atoms with Crippen molar-refractivity contribution in [3.05, 3.63) is 96.7 Å². The lowest BCUT2D eigenvalue weighted by Crippen LogP contribution is -2.48. The summed E-state index contributed by atoms with van der Waals surface area (Å²) in [6.07, 6.45) is 1.67. The van der Waals surface area contributed by atoms with Crippen LogP contribution in [0.15, 0.2) is 96.0 Å². The Morgan fingerprint density at radius 1 is 0.829 bits per heavy atom. The smallest absolute Gasteiger partial charge is 0.246 e. The summed E-state index contributed by atoms with van der Waals surface area (Å²) in [7, 11) is -2.08. The lowest BCUT2D eigenvalue weighted by molar-refractivity contribution is 0.385. The van der Waals surface area contributed by atoms with E-state index in [0.29, 0.717) is 38.4 Å². The largest absolute Gasteiger partial charge is 0.497 e. The van der Waals surface area contributed by atoms with Gasteiger partial charge in [0.25, 0.3) is 0 Å². The fourth-order valence-electron chi connectivity index (χ4n) is 4.36. The Kier molecular flexibility index (Phi) is 6.57. The van der Waals surface area contributed by atoms with Gasteiger partial charge in [0.15, 0.2) is 0 Å². The van der Waals surface area contributed by atoms with Crippen molar-refractivity contribution in [3.8, 4) is 17.0 Å². The number of hydrogen-bond donors (Lipinski definition) is 0. The quantitative estimate of drug-likeness (QED) is 0.392. The van der Waals surface area contributed by atoms with E-state index in [2.05, 4.69) is 4.90 Å². The highest BCUT2D eigenvalue weighted by Gasteiger charge is 2.32. The SMILES string of the molecule is COc1ccc(N2CCN(S(=O)(=O)c3cn(Cc4ccccc4)nc3-c3ccccc3)CC2)cc1. The van der Waals surface area contributed by atoms with Crippen molar-refractivity contribution in [1.82, 2.24) is 14.1 Å². The molecule has 7 nitrogen and oxygen atoms in total. The van der Waals surface area contributed by atoms with E-state index in [1.54, 1.807) is 22.3 Å². The predicted molar refractivity (Wildman–Crippen MR) is 137 cm³/mol.